The third kappa shape index (κ3) is 8.13. The second-order valence-corrected chi connectivity index (χ2v) is 22.7. The topological polar surface area (TPSA) is 72.6 Å². The summed E-state index contributed by atoms with van der Waals surface area (Å²) in [6.45, 7) is 4.68. The average molecular weight is 1050 g/mol. The van der Waals surface area contributed by atoms with Crippen LogP contribution in [-0.2, 0) is 5.41 Å². The van der Waals surface area contributed by atoms with Gasteiger partial charge in [0.15, 0.2) is 11.6 Å². The van der Waals surface area contributed by atoms with Crippen molar-refractivity contribution >= 4 is 70.9 Å². The van der Waals surface area contributed by atoms with Crippen LogP contribution in [0.15, 0.2) is 249 Å². The maximum Gasteiger partial charge on any atom is 0.238 e. The predicted molar refractivity (Wildman–Crippen MR) is 328 cm³/mol. The Morgan fingerprint density at radius 1 is 0.380 bits per heavy atom. The summed E-state index contributed by atoms with van der Waals surface area (Å²) in [6.07, 6.45) is 3.69. The number of hydrogen-bond acceptors (Lipinski definition) is 8. The molecule has 0 spiro atoms. The zero-order chi connectivity index (χ0) is 52.6. The summed E-state index contributed by atoms with van der Waals surface area (Å²) in [6, 6.07) is 84.0. The van der Waals surface area contributed by atoms with E-state index in [0.717, 1.165) is 72.5 Å². The fourth-order valence-corrected chi connectivity index (χ4v) is 13.9. The Hall–Kier alpha value is -9.67. The molecule has 15 rings (SSSR count). The van der Waals surface area contributed by atoms with Gasteiger partial charge < -0.3 is 4.90 Å². The van der Waals surface area contributed by atoms with E-state index in [9.17, 15) is 0 Å². The van der Waals surface area contributed by atoms with Gasteiger partial charge in [-0.05, 0) is 130 Å². The Bertz CT molecular complexity index is 4450. The predicted octanol–water partition coefficient (Wildman–Crippen LogP) is 18.8. The quantitative estimate of drug-likeness (QED) is 0.136. The number of fused-ring (bicyclic) bond motifs is 7. The molecule has 0 radical (unpaired) electrons. The van der Waals surface area contributed by atoms with Crippen molar-refractivity contribution in [1.82, 2.24) is 29.5 Å². The van der Waals surface area contributed by atoms with E-state index < -0.39 is 0 Å². The van der Waals surface area contributed by atoms with Gasteiger partial charge in [0.25, 0.3) is 0 Å². The minimum Gasteiger partial charge on any atom is -0.310 e. The third-order valence-electron chi connectivity index (χ3n) is 15.4. The van der Waals surface area contributed by atoms with Gasteiger partial charge in [-0.2, -0.15) is 9.97 Å². The summed E-state index contributed by atoms with van der Waals surface area (Å²) >= 11 is 3.69. The molecule has 79 heavy (non-hydrogen) atoms. The molecule has 7 nitrogen and oxygen atoms in total. The van der Waals surface area contributed by atoms with Gasteiger partial charge in [-0.25, -0.2) is 4.98 Å². The van der Waals surface area contributed by atoms with Gasteiger partial charge in [0, 0.05) is 87.1 Å². The number of pyridine rings is 2. The molecule has 6 heterocycles. The molecule has 0 fully saturated rings. The van der Waals surface area contributed by atoms with Crippen molar-refractivity contribution in [1.29, 1.82) is 0 Å². The smallest absolute Gasteiger partial charge is 0.238 e. The Morgan fingerprint density at radius 2 is 0.924 bits per heavy atom. The Balaban J connectivity index is 0.815. The van der Waals surface area contributed by atoms with Crippen molar-refractivity contribution in [3.63, 3.8) is 0 Å². The van der Waals surface area contributed by atoms with E-state index in [1.807, 2.05) is 95.7 Å². The van der Waals surface area contributed by atoms with Crippen molar-refractivity contribution in [2.75, 3.05) is 4.90 Å². The van der Waals surface area contributed by atoms with E-state index in [4.69, 9.17) is 15.0 Å². The highest BCUT2D eigenvalue weighted by Crippen LogP contribution is 2.52. The lowest BCUT2D eigenvalue weighted by Gasteiger charge is -2.26. The summed E-state index contributed by atoms with van der Waals surface area (Å²) in [4.78, 5) is 29.8. The highest BCUT2D eigenvalue weighted by molar-refractivity contribution is 7.31. The summed E-state index contributed by atoms with van der Waals surface area (Å²) < 4.78 is 4.80. The van der Waals surface area contributed by atoms with Gasteiger partial charge in [0.2, 0.25) is 5.95 Å². The van der Waals surface area contributed by atoms with E-state index in [1.165, 1.54) is 52.5 Å². The van der Waals surface area contributed by atoms with E-state index >= 15 is 0 Å². The first kappa shape index (κ1) is 46.6. The minimum absolute atomic E-state index is 0.194. The number of benzene rings is 8. The molecule has 1 aliphatic rings. The molecule has 0 aliphatic heterocycles. The van der Waals surface area contributed by atoms with E-state index in [2.05, 4.69) is 209 Å². The molecule has 0 N–H and O–H groups in total. The Morgan fingerprint density at radius 3 is 1.53 bits per heavy atom. The van der Waals surface area contributed by atoms with Crippen LogP contribution in [0.3, 0.4) is 0 Å². The third-order valence-corrected chi connectivity index (χ3v) is 17.8. The van der Waals surface area contributed by atoms with Gasteiger partial charge >= 0.3 is 0 Å². The highest BCUT2D eigenvalue weighted by atomic mass is 32.1. The van der Waals surface area contributed by atoms with Crippen LogP contribution in [0.5, 0.6) is 0 Å². The Kier molecular flexibility index (Phi) is 11.1. The summed E-state index contributed by atoms with van der Waals surface area (Å²) in [5, 5.41) is 2.31. The van der Waals surface area contributed by atoms with E-state index in [-0.39, 0.29) is 5.41 Å². The average Bonchev–Trinajstić information content (AvgIpc) is 4.42. The lowest BCUT2D eigenvalue weighted by molar-refractivity contribution is 0.661. The first-order valence-corrected chi connectivity index (χ1v) is 28.1. The first-order chi connectivity index (χ1) is 38.9. The molecule has 0 unspecified atom stereocenters. The van der Waals surface area contributed by atoms with Crippen LogP contribution in [0.1, 0.15) is 25.0 Å². The van der Waals surface area contributed by atoms with Gasteiger partial charge in [-0.3, -0.25) is 14.5 Å². The van der Waals surface area contributed by atoms with Crippen LogP contribution in [0.25, 0.3) is 114 Å². The molecule has 0 bridgehead atoms. The number of nitrogens with zero attached hydrogens (tertiary/aromatic N) is 7. The molecule has 14 aromatic rings. The van der Waals surface area contributed by atoms with Crippen LogP contribution in [0.2, 0.25) is 0 Å². The van der Waals surface area contributed by atoms with Crippen LogP contribution >= 0.6 is 22.7 Å². The summed E-state index contributed by atoms with van der Waals surface area (Å²) in [5.41, 5.74) is 18.5. The fourth-order valence-electron chi connectivity index (χ4n) is 11.5. The second-order valence-electron chi connectivity index (χ2n) is 20.5. The molecule has 9 heteroatoms. The maximum atomic E-state index is 5.28. The SMILES string of the molecule is CC1(C)c2ccccc2-c2cc3c4cc(-c5cc6sc(-c7ccc(N(c8cccc(-c9ccccn9)c8)c8cccc(-c9ccccn9)c8)cc7)cc6s5)ccc4n(-c4nc(-c5ccccc5)nc(-c5ccccc5)n4)c3cc21. The van der Waals surface area contributed by atoms with E-state index in [1.54, 1.807) is 0 Å². The van der Waals surface area contributed by atoms with E-state index in [0.29, 0.717) is 17.6 Å². The molecule has 8 aromatic carbocycles. The number of hydrogen-bond donors (Lipinski definition) is 0. The number of aromatic nitrogens is 6. The normalized spacial score (nSPS) is 12.5. The fraction of sp³-hybridized carbons (Fsp3) is 0.0429. The highest BCUT2D eigenvalue weighted by Gasteiger charge is 2.36. The van der Waals surface area contributed by atoms with Crippen LogP contribution in [-0.4, -0.2) is 29.5 Å². The molecule has 0 saturated carbocycles. The number of rotatable bonds is 10. The van der Waals surface area contributed by atoms with Crippen LogP contribution < -0.4 is 4.90 Å². The van der Waals surface area contributed by atoms with Crippen LogP contribution in [0.4, 0.5) is 17.1 Å². The molecule has 0 amide bonds. The molecule has 374 valence electrons. The molecule has 0 saturated heterocycles. The van der Waals surface area contributed by atoms with Crippen LogP contribution in [0, 0.1) is 0 Å². The molecule has 0 atom stereocenters. The zero-order valence-corrected chi connectivity index (χ0v) is 44.8. The Labute approximate surface area is 465 Å². The molecule has 6 aromatic heterocycles. The van der Waals surface area contributed by atoms with Crippen molar-refractivity contribution in [3.8, 4) is 83.2 Å². The van der Waals surface area contributed by atoms with Gasteiger partial charge in [0.05, 0.1) is 22.4 Å². The first-order valence-electron chi connectivity index (χ1n) is 26.5. The second kappa shape index (κ2) is 18.8. The zero-order valence-electron chi connectivity index (χ0n) is 43.1. The van der Waals surface area contributed by atoms with Gasteiger partial charge in [-0.1, -0.05) is 153 Å². The van der Waals surface area contributed by atoms with Gasteiger partial charge in [-0.15, -0.1) is 22.7 Å². The maximum absolute atomic E-state index is 5.28. The number of thiophene rings is 2. The lowest BCUT2D eigenvalue weighted by Crippen LogP contribution is -2.15. The largest absolute Gasteiger partial charge is 0.310 e. The molecular formula is C70H47N7S2. The summed E-state index contributed by atoms with van der Waals surface area (Å²) in [5.74, 6) is 1.85. The summed E-state index contributed by atoms with van der Waals surface area (Å²) in [7, 11) is 0. The minimum atomic E-state index is -0.194. The molecule has 1 aliphatic carbocycles. The lowest BCUT2D eigenvalue weighted by atomic mass is 9.82. The van der Waals surface area contributed by atoms with Crippen molar-refractivity contribution < 1.29 is 0 Å². The number of anilines is 3. The standard InChI is InChI=1S/C70H47N7S2/c1-70(2)57-26-10-9-25-53(57)54-40-56-55-39-49(31-34-61(55)77(62(56)41-58(54)70)69-74-67(45-17-5-3-6-18-45)73-68(75-69)46-19-7-4-8-20-46)64-43-66-65(79-64)42-63(78-66)44-29-32-50(33-30-44)76(51-23-15-21-47(37-51)59-27-11-13-35-71-59)52-24-16-22-48(38-52)60-28-12-14-36-72-60/h3-43H,1-2H3. The monoisotopic (exact) mass is 1050 g/mol. The van der Waals surface area contributed by atoms with Gasteiger partial charge in [0.1, 0.15) is 0 Å². The van der Waals surface area contributed by atoms with Crippen molar-refractivity contribution in [2.45, 2.75) is 19.3 Å². The van der Waals surface area contributed by atoms with Crippen molar-refractivity contribution in [2.24, 2.45) is 0 Å². The molecular weight excluding hydrogens is 1000 g/mol. The van der Waals surface area contributed by atoms with Crippen molar-refractivity contribution in [3.05, 3.63) is 260 Å².